The van der Waals surface area contributed by atoms with E-state index in [1.54, 1.807) is 0 Å². The maximum absolute atomic E-state index is 12.1. The molecule has 2 N–H and O–H groups in total. The molecule has 20 heavy (non-hydrogen) atoms. The van der Waals surface area contributed by atoms with Crippen LogP contribution in [0.3, 0.4) is 0 Å². The van der Waals surface area contributed by atoms with E-state index < -0.39 is 16.0 Å². The number of aliphatic carboxylic acids is 1. The lowest BCUT2D eigenvalue weighted by molar-refractivity contribution is -0.136. The highest BCUT2D eigenvalue weighted by Gasteiger charge is 2.20. The van der Waals surface area contributed by atoms with E-state index in [0.29, 0.717) is 12.1 Å². The molecule has 0 atom stereocenters. The van der Waals surface area contributed by atoms with Gasteiger partial charge in [-0.05, 0) is 29.5 Å². The quantitative estimate of drug-likeness (QED) is 0.807. The summed E-state index contributed by atoms with van der Waals surface area (Å²) in [7, 11) is -3.55. The zero-order valence-corrected chi connectivity index (χ0v) is 12.8. The van der Waals surface area contributed by atoms with Gasteiger partial charge in [-0.2, -0.15) is 0 Å². The Morgan fingerprint density at radius 1 is 1.25 bits per heavy atom. The fraction of sp³-hybridized carbons (Fsp3) is 0.500. The van der Waals surface area contributed by atoms with Crippen LogP contribution >= 0.6 is 0 Å². The molecule has 0 aliphatic heterocycles. The van der Waals surface area contributed by atoms with E-state index in [1.165, 1.54) is 24.3 Å². The number of hydrogen-bond donors (Lipinski definition) is 2. The number of carboxylic acid groups (broad SMARTS) is 1. The zero-order valence-electron chi connectivity index (χ0n) is 12.0. The van der Waals surface area contributed by atoms with Crippen LogP contribution in [0.4, 0.5) is 0 Å². The standard InChI is InChI=1S/C14H21NO4S/c1-4-14(2,3)10-15-20(18,19)12-7-5-11(6-8-12)9-13(16)17/h5-8,15H,4,9-10H2,1-3H3,(H,16,17). The summed E-state index contributed by atoms with van der Waals surface area (Å²) in [4.78, 5) is 10.7. The average molecular weight is 299 g/mol. The number of nitrogens with one attached hydrogen (secondary N) is 1. The molecule has 0 spiro atoms. The van der Waals surface area contributed by atoms with Crippen molar-refractivity contribution in [1.29, 1.82) is 0 Å². The van der Waals surface area contributed by atoms with E-state index in [-0.39, 0.29) is 16.7 Å². The molecule has 0 aromatic heterocycles. The molecule has 1 aromatic rings. The van der Waals surface area contributed by atoms with Crippen molar-refractivity contribution in [1.82, 2.24) is 4.72 Å². The van der Waals surface area contributed by atoms with Gasteiger partial charge >= 0.3 is 5.97 Å². The Morgan fingerprint density at radius 3 is 2.25 bits per heavy atom. The first kappa shape index (κ1) is 16.7. The Hall–Kier alpha value is -1.40. The van der Waals surface area contributed by atoms with Crippen molar-refractivity contribution >= 4 is 16.0 Å². The third-order valence-electron chi connectivity index (χ3n) is 3.29. The number of carboxylic acids is 1. The fourth-order valence-corrected chi connectivity index (χ4v) is 2.70. The van der Waals surface area contributed by atoms with Gasteiger partial charge in [-0.15, -0.1) is 0 Å². The van der Waals surface area contributed by atoms with E-state index in [1.807, 2.05) is 20.8 Å². The molecule has 6 heteroatoms. The molecule has 1 rings (SSSR count). The molecule has 0 unspecified atom stereocenters. The van der Waals surface area contributed by atoms with Gasteiger partial charge in [0.2, 0.25) is 10.0 Å². The molecular formula is C14H21NO4S. The van der Waals surface area contributed by atoms with Gasteiger partial charge in [0.1, 0.15) is 0 Å². The summed E-state index contributed by atoms with van der Waals surface area (Å²) in [5.41, 5.74) is 0.474. The van der Waals surface area contributed by atoms with E-state index >= 15 is 0 Å². The SMILES string of the molecule is CCC(C)(C)CNS(=O)(=O)c1ccc(CC(=O)O)cc1. The molecule has 0 aliphatic carbocycles. The summed E-state index contributed by atoms with van der Waals surface area (Å²) in [6, 6.07) is 5.90. The first-order chi connectivity index (χ1) is 9.16. The Morgan fingerprint density at radius 2 is 1.80 bits per heavy atom. The molecule has 0 radical (unpaired) electrons. The van der Waals surface area contributed by atoms with Gasteiger partial charge in [0.15, 0.2) is 0 Å². The summed E-state index contributed by atoms with van der Waals surface area (Å²) >= 11 is 0. The lowest BCUT2D eigenvalue weighted by Gasteiger charge is -2.22. The summed E-state index contributed by atoms with van der Waals surface area (Å²) in [6.07, 6.45) is 0.754. The zero-order chi connectivity index (χ0) is 15.4. The smallest absolute Gasteiger partial charge is 0.307 e. The van der Waals surface area contributed by atoms with Gasteiger partial charge in [-0.1, -0.05) is 32.9 Å². The number of carbonyl (C=O) groups is 1. The maximum Gasteiger partial charge on any atom is 0.307 e. The summed E-state index contributed by atoms with van der Waals surface area (Å²) in [5, 5.41) is 8.67. The predicted octanol–water partition coefficient (Wildman–Crippen LogP) is 2.03. The van der Waals surface area contributed by atoms with Crippen LogP contribution < -0.4 is 4.72 Å². The summed E-state index contributed by atoms with van der Waals surface area (Å²) in [6.45, 7) is 6.36. The lowest BCUT2D eigenvalue weighted by Crippen LogP contribution is -2.33. The van der Waals surface area contributed by atoms with Crippen LogP contribution in [0.15, 0.2) is 29.2 Å². The fourth-order valence-electron chi connectivity index (χ4n) is 1.46. The van der Waals surface area contributed by atoms with Crippen molar-refractivity contribution in [3.05, 3.63) is 29.8 Å². The van der Waals surface area contributed by atoms with Crippen LogP contribution in [0.1, 0.15) is 32.8 Å². The topological polar surface area (TPSA) is 83.5 Å². The number of sulfonamides is 1. The van der Waals surface area contributed by atoms with Crippen molar-refractivity contribution < 1.29 is 18.3 Å². The van der Waals surface area contributed by atoms with Crippen molar-refractivity contribution in [2.45, 2.75) is 38.5 Å². The third kappa shape index (κ3) is 4.94. The maximum atomic E-state index is 12.1. The first-order valence-electron chi connectivity index (χ1n) is 6.47. The number of hydrogen-bond acceptors (Lipinski definition) is 3. The van der Waals surface area contributed by atoms with Gasteiger partial charge in [0, 0.05) is 6.54 Å². The molecule has 0 fully saturated rings. The van der Waals surface area contributed by atoms with E-state index in [4.69, 9.17) is 5.11 Å². The lowest BCUT2D eigenvalue weighted by atomic mass is 9.91. The molecule has 0 amide bonds. The Bertz CT molecular complexity index is 561. The highest BCUT2D eigenvalue weighted by molar-refractivity contribution is 7.89. The summed E-state index contributed by atoms with van der Waals surface area (Å²) in [5.74, 6) is -0.941. The van der Waals surface area contributed by atoms with Crippen LogP contribution in [-0.2, 0) is 21.2 Å². The second-order valence-corrected chi connectivity index (χ2v) is 7.32. The second-order valence-electron chi connectivity index (χ2n) is 5.56. The molecule has 0 aliphatic rings. The first-order valence-corrected chi connectivity index (χ1v) is 7.95. The van der Waals surface area contributed by atoms with Crippen molar-refractivity contribution in [3.8, 4) is 0 Å². The molecule has 1 aromatic carbocycles. The van der Waals surface area contributed by atoms with Crippen molar-refractivity contribution in [2.24, 2.45) is 5.41 Å². The van der Waals surface area contributed by atoms with E-state index in [0.717, 1.165) is 6.42 Å². The van der Waals surface area contributed by atoms with Crippen LogP contribution in [0.25, 0.3) is 0 Å². The number of benzene rings is 1. The van der Waals surface area contributed by atoms with Gasteiger partial charge in [-0.25, -0.2) is 13.1 Å². The molecular weight excluding hydrogens is 278 g/mol. The van der Waals surface area contributed by atoms with Crippen LogP contribution in [0.5, 0.6) is 0 Å². The van der Waals surface area contributed by atoms with Gasteiger partial charge < -0.3 is 5.11 Å². The molecule has 0 bridgehead atoms. The van der Waals surface area contributed by atoms with Crippen molar-refractivity contribution in [3.63, 3.8) is 0 Å². The second kappa shape index (κ2) is 6.37. The highest BCUT2D eigenvalue weighted by atomic mass is 32.2. The minimum absolute atomic E-state index is 0.101. The highest BCUT2D eigenvalue weighted by Crippen LogP contribution is 2.19. The number of rotatable bonds is 7. The van der Waals surface area contributed by atoms with Gasteiger partial charge in [0.05, 0.1) is 11.3 Å². The van der Waals surface area contributed by atoms with E-state index in [2.05, 4.69) is 4.72 Å². The normalized spacial score (nSPS) is 12.3. The molecule has 0 saturated carbocycles. The molecule has 0 heterocycles. The average Bonchev–Trinajstić information content (AvgIpc) is 2.37. The minimum Gasteiger partial charge on any atom is -0.481 e. The van der Waals surface area contributed by atoms with Crippen molar-refractivity contribution in [2.75, 3.05) is 6.54 Å². The van der Waals surface area contributed by atoms with Gasteiger partial charge in [-0.3, -0.25) is 4.79 Å². The summed E-state index contributed by atoms with van der Waals surface area (Å²) < 4.78 is 26.8. The molecule has 5 nitrogen and oxygen atoms in total. The van der Waals surface area contributed by atoms with Crippen LogP contribution in [0.2, 0.25) is 0 Å². The predicted molar refractivity (Wildman–Crippen MR) is 77.0 cm³/mol. The van der Waals surface area contributed by atoms with Crippen LogP contribution in [0, 0.1) is 5.41 Å². The van der Waals surface area contributed by atoms with Crippen LogP contribution in [-0.4, -0.2) is 26.0 Å². The largest absolute Gasteiger partial charge is 0.481 e. The third-order valence-corrected chi connectivity index (χ3v) is 4.70. The Kier molecular flexibility index (Phi) is 5.30. The van der Waals surface area contributed by atoms with E-state index in [9.17, 15) is 13.2 Å². The van der Waals surface area contributed by atoms with Gasteiger partial charge in [0.25, 0.3) is 0 Å². The monoisotopic (exact) mass is 299 g/mol. The Labute approximate surface area is 120 Å². The molecule has 112 valence electrons. The molecule has 0 saturated heterocycles. The minimum atomic E-state index is -3.55. The Balaban J connectivity index is 2.80.